The molecule has 1 unspecified atom stereocenters. The molecule has 2 aliphatic rings. The highest BCUT2D eigenvalue weighted by Crippen LogP contribution is 2.48. The van der Waals surface area contributed by atoms with E-state index < -0.39 is 0 Å². The van der Waals surface area contributed by atoms with Crippen LogP contribution in [-0.2, 0) is 10.2 Å². The molecule has 1 atom stereocenters. The fourth-order valence-corrected chi connectivity index (χ4v) is 3.45. The minimum absolute atomic E-state index is 0.101. The number of amides is 1. The minimum atomic E-state index is -0.374. The van der Waals surface area contributed by atoms with Crippen molar-refractivity contribution in [2.24, 2.45) is 0 Å². The van der Waals surface area contributed by atoms with Crippen molar-refractivity contribution in [3.05, 3.63) is 59.7 Å². The number of benzene rings is 2. The maximum atomic E-state index is 11.5. The quantitative estimate of drug-likeness (QED) is 0.853. The molecule has 2 aromatic rings. The van der Waals surface area contributed by atoms with Gasteiger partial charge in [-0.1, -0.05) is 36.4 Å². The lowest BCUT2D eigenvalue weighted by Crippen LogP contribution is -2.33. The third-order valence-corrected chi connectivity index (χ3v) is 5.23. The van der Waals surface area contributed by atoms with E-state index in [1.807, 2.05) is 24.3 Å². The van der Waals surface area contributed by atoms with Gasteiger partial charge in [-0.05, 0) is 36.1 Å². The van der Waals surface area contributed by atoms with Crippen LogP contribution < -0.4 is 14.8 Å². The second-order valence-corrected chi connectivity index (χ2v) is 6.95. The van der Waals surface area contributed by atoms with Crippen molar-refractivity contribution in [2.75, 3.05) is 20.3 Å². The van der Waals surface area contributed by atoms with Crippen LogP contribution in [-0.4, -0.2) is 26.4 Å². The summed E-state index contributed by atoms with van der Waals surface area (Å²) in [6.45, 7) is 1.23. The van der Waals surface area contributed by atoms with Crippen LogP contribution in [0.1, 0.15) is 36.5 Å². The summed E-state index contributed by atoms with van der Waals surface area (Å²) in [5.41, 5.74) is 2.35. The number of cyclic esters (lactones) is 1. The molecule has 2 fully saturated rings. The van der Waals surface area contributed by atoms with E-state index in [0.29, 0.717) is 24.7 Å². The molecule has 1 amide bonds. The number of ether oxygens (including phenoxy) is 3. The lowest BCUT2D eigenvalue weighted by atomic mass is 9.97. The van der Waals surface area contributed by atoms with Gasteiger partial charge >= 0.3 is 6.09 Å². The SMILES string of the molecule is COc1ccc(C2CCNC(=O)O2)cc1OCC1(c2ccccc2)CC1. The van der Waals surface area contributed by atoms with Gasteiger partial charge in [0.05, 0.1) is 13.7 Å². The highest BCUT2D eigenvalue weighted by atomic mass is 16.6. The molecule has 26 heavy (non-hydrogen) atoms. The van der Waals surface area contributed by atoms with Crippen LogP contribution in [0.5, 0.6) is 11.5 Å². The number of hydrogen-bond donors (Lipinski definition) is 1. The zero-order valence-electron chi connectivity index (χ0n) is 14.9. The van der Waals surface area contributed by atoms with E-state index >= 15 is 0 Å². The van der Waals surface area contributed by atoms with E-state index in [1.165, 1.54) is 5.56 Å². The molecule has 0 aromatic heterocycles. The van der Waals surface area contributed by atoms with Gasteiger partial charge in [-0.2, -0.15) is 0 Å². The molecule has 1 saturated heterocycles. The molecular formula is C21H23NO4. The first-order valence-corrected chi connectivity index (χ1v) is 9.01. The van der Waals surface area contributed by atoms with Gasteiger partial charge in [0.25, 0.3) is 0 Å². The summed E-state index contributed by atoms with van der Waals surface area (Å²) in [4.78, 5) is 11.5. The number of alkyl carbamates (subject to hydrolysis) is 1. The van der Waals surface area contributed by atoms with Crippen molar-refractivity contribution in [1.82, 2.24) is 5.32 Å². The number of carbonyl (C=O) groups is 1. The first-order valence-electron chi connectivity index (χ1n) is 9.01. The number of carbonyl (C=O) groups excluding carboxylic acids is 1. The molecule has 136 valence electrons. The molecule has 5 nitrogen and oxygen atoms in total. The standard InChI is InChI=1S/C21H23NO4/c1-24-18-8-7-15(17-9-12-22-20(23)26-17)13-19(18)25-14-21(10-11-21)16-5-3-2-4-6-16/h2-8,13,17H,9-12,14H2,1H3,(H,22,23). The maximum Gasteiger partial charge on any atom is 0.407 e. The maximum absolute atomic E-state index is 11.5. The second-order valence-electron chi connectivity index (χ2n) is 6.95. The van der Waals surface area contributed by atoms with Crippen LogP contribution >= 0.6 is 0 Å². The monoisotopic (exact) mass is 353 g/mol. The van der Waals surface area contributed by atoms with Crippen molar-refractivity contribution in [3.63, 3.8) is 0 Å². The molecule has 1 heterocycles. The van der Waals surface area contributed by atoms with E-state index in [9.17, 15) is 4.79 Å². The number of nitrogens with one attached hydrogen (secondary N) is 1. The van der Waals surface area contributed by atoms with Gasteiger partial charge in [-0.25, -0.2) is 4.79 Å². The summed E-state index contributed by atoms with van der Waals surface area (Å²) in [7, 11) is 1.64. The molecular weight excluding hydrogens is 330 g/mol. The zero-order valence-corrected chi connectivity index (χ0v) is 14.9. The summed E-state index contributed by atoms with van der Waals surface area (Å²) < 4.78 is 17.0. The lowest BCUT2D eigenvalue weighted by Gasteiger charge is -2.24. The summed E-state index contributed by atoms with van der Waals surface area (Å²) >= 11 is 0. The van der Waals surface area contributed by atoms with E-state index in [2.05, 4.69) is 29.6 Å². The Hall–Kier alpha value is -2.69. The van der Waals surface area contributed by atoms with Crippen molar-refractivity contribution in [3.8, 4) is 11.5 Å². The van der Waals surface area contributed by atoms with E-state index in [-0.39, 0.29) is 17.6 Å². The van der Waals surface area contributed by atoms with Crippen LogP contribution in [0.3, 0.4) is 0 Å². The number of methoxy groups -OCH3 is 1. The van der Waals surface area contributed by atoms with Crippen LogP contribution in [0.15, 0.2) is 48.5 Å². The summed E-state index contributed by atoms with van der Waals surface area (Å²) in [5, 5.41) is 2.67. The molecule has 1 aliphatic carbocycles. The van der Waals surface area contributed by atoms with E-state index in [1.54, 1.807) is 7.11 Å². The topological polar surface area (TPSA) is 56.8 Å². The largest absolute Gasteiger partial charge is 0.493 e. The molecule has 1 N–H and O–H groups in total. The summed E-state index contributed by atoms with van der Waals surface area (Å²) in [6, 6.07) is 16.2. The number of hydrogen-bond acceptors (Lipinski definition) is 4. The van der Waals surface area contributed by atoms with E-state index in [4.69, 9.17) is 14.2 Å². The van der Waals surface area contributed by atoms with Gasteiger partial charge in [0.15, 0.2) is 11.5 Å². The Morgan fingerprint density at radius 2 is 1.96 bits per heavy atom. The Balaban J connectivity index is 1.52. The summed E-state index contributed by atoms with van der Waals surface area (Å²) in [5.74, 6) is 1.39. The fraction of sp³-hybridized carbons (Fsp3) is 0.381. The predicted octanol–water partition coefficient (Wildman–Crippen LogP) is 3.98. The van der Waals surface area contributed by atoms with Gasteiger partial charge < -0.3 is 19.5 Å². The average Bonchev–Trinajstić information content (AvgIpc) is 3.48. The fourth-order valence-electron chi connectivity index (χ4n) is 3.45. The molecule has 0 spiro atoms. The van der Waals surface area contributed by atoms with Crippen LogP contribution in [0.2, 0.25) is 0 Å². The Bertz CT molecular complexity index is 786. The molecule has 0 bridgehead atoms. The molecule has 0 radical (unpaired) electrons. The Morgan fingerprint density at radius 3 is 2.65 bits per heavy atom. The molecule has 1 saturated carbocycles. The zero-order chi connectivity index (χ0) is 18.0. The van der Waals surface area contributed by atoms with E-state index in [0.717, 1.165) is 24.8 Å². The second kappa shape index (κ2) is 6.90. The van der Waals surface area contributed by atoms with Gasteiger partial charge in [0.1, 0.15) is 6.10 Å². The summed E-state index contributed by atoms with van der Waals surface area (Å²) in [6.07, 6.45) is 2.38. The molecule has 2 aromatic carbocycles. The van der Waals surface area contributed by atoms with Gasteiger partial charge in [-0.15, -0.1) is 0 Å². The van der Waals surface area contributed by atoms with Gasteiger partial charge in [0, 0.05) is 18.4 Å². The Morgan fingerprint density at radius 1 is 1.15 bits per heavy atom. The third kappa shape index (κ3) is 3.34. The van der Waals surface area contributed by atoms with Crippen LogP contribution in [0.25, 0.3) is 0 Å². The highest BCUT2D eigenvalue weighted by Gasteiger charge is 2.45. The number of rotatable bonds is 6. The molecule has 5 heteroatoms. The van der Waals surface area contributed by atoms with Crippen molar-refractivity contribution >= 4 is 6.09 Å². The van der Waals surface area contributed by atoms with Crippen molar-refractivity contribution in [1.29, 1.82) is 0 Å². The van der Waals surface area contributed by atoms with Crippen molar-refractivity contribution < 1.29 is 19.0 Å². The minimum Gasteiger partial charge on any atom is -0.493 e. The smallest absolute Gasteiger partial charge is 0.407 e. The predicted molar refractivity (Wildman–Crippen MR) is 97.7 cm³/mol. The van der Waals surface area contributed by atoms with Crippen molar-refractivity contribution in [2.45, 2.75) is 30.8 Å². The molecule has 1 aliphatic heterocycles. The van der Waals surface area contributed by atoms with Crippen LogP contribution in [0, 0.1) is 0 Å². The first kappa shape index (κ1) is 16.8. The first-order chi connectivity index (χ1) is 12.7. The normalized spacial score (nSPS) is 20.7. The lowest BCUT2D eigenvalue weighted by molar-refractivity contribution is 0.0736. The Kier molecular flexibility index (Phi) is 4.45. The Labute approximate surface area is 153 Å². The van der Waals surface area contributed by atoms with Gasteiger partial charge in [0.2, 0.25) is 0 Å². The van der Waals surface area contributed by atoms with Gasteiger partial charge in [-0.3, -0.25) is 0 Å². The molecule has 4 rings (SSSR count). The average molecular weight is 353 g/mol. The highest BCUT2D eigenvalue weighted by molar-refractivity contribution is 5.68. The van der Waals surface area contributed by atoms with Crippen LogP contribution in [0.4, 0.5) is 4.79 Å². The third-order valence-electron chi connectivity index (χ3n) is 5.23.